The van der Waals surface area contributed by atoms with Crippen molar-refractivity contribution in [3.05, 3.63) is 69.4 Å². The molecule has 1 amide bonds. The van der Waals surface area contributed by atoms with Crippen LogP contribution in [0.15, 0.2) is 41.8 Å². The van der Waals surface area contributed by atoms with Crippen molar-refractivity contribution in [1.29, 1.82) is 0 Å². The van der Waals surface area contributed by atoms with E-state index in [1.807, 2.05) is 5.38 Å². The predicted octanol–water partition coefficient (Wildman–Crippen LogP) is 3.80. The minimum Gasteiger partial charge on any atom is -0.496 e. The highest BCUT2D eigenvalue weighted by Gasteiger charge is 2.14. The number of thiazole rings is 1. The molecular formula is C23H25FN2O4S. The predicted molar refractivity (Wildman–Crippen MR) is 118 cm³/mol. The van der Waals surface area contributed by atoms with Gasteiger partial charge in [0.1, 0.15) is 23.1 Å². The molecule has 31 heavy (non-hydrogen) atoms. The van der Waals surface area contributed by atoms with Crippen LogP contribution in [0.4, 0.5) is 4.39 Å². The van der Waals surface area contributed by atoms with E-state index in [0.717, 1.165) is 21.8 Å². The zero-order valence-electron chi connectivity index (χ0n) is 17.7. The van der Waals surface area contributed by atoms with E-state index in [9.17, 15) is 9.18 Å². The summed E-state index contributed by atoms with van der Waals surface area (Å²) in [5.74, 6) is 1.57. The van der Waals surface area contributed by atoms with Crippen LogP contribution in [-0.4, -0.2) is 38.8 Å². The number of benzene rings is 2. The number of nitrogens with one attached hydrogen (secondary N) is 1. The van der Waals surface area contributed by atoms with Crippen LogP contribution in [0.5, 0.6) is 17.2 Å². The lowest BCUT2D eigenvalue weighted by molar-refractivity contribution is -0.120. The Bertz CT molecular complexity index is 996. The van der Waals surface area contributed by atoms with E-state index in [1.54, 1.807) is 45.6 Å². The molecule has 0 aliphatic carbocycles. The van der Waals surface area contributed by atoms with E-state index in [1.165, 1.54) is 23.5 Å². The second-order valence-electron chi connectivity index (χ2n) is 6.82. The Morgan fingerprint density at radius 3 is 2.35 bits per heavy atom. The fourth-order valence-corrected chi connectivity index (χ4v) is 3.99. The summed E-state index contributed by atoms with van der Waals surface area (Å²) >= 11 is 1.49. The third kappa shape index (κ3) is 6.18. The van der Waals surface area contributed by atoms with E-state index >= 15 is 0 Å². The van der Waals surface area contributed by atoms with Crippen LogP contribution in [0.1, 0.15) is 21.8 Å². The number of carbonyl (C=O) groups excluding carboxylic acids is 1. The SMILES string of the molecule is COc1cc(OC)c(CCNC(=O)Cc2csc(Cc3ccc(F)cc3)n2)c(OC)c1. The lowest BCUT2D eigenvalue weighted by atomic mass is 10.1. The van der Waals surface area contributed by atoms with Gasteiger partial charge in [-0.05, 0) is 24.1 Å². The summed E-state index contributed by atoms with van der Waals surface area (Å²) in [6, 6.07) is 9.93. The van der Waals surface area contributed by atoms with Gasteiger partial charge in [-0.15, -0.1) is 11.3 Å². The third-order valence-electron chi connectivity index (χ3n) is 4.72. The topological polar surface area (TPSA) is 69.7 Å². The quantitative estimate of drug-likeness (QED) is 0.515. The molecule has 1 aromatic heterocycles. The van der Waals surface area contributed by atoms with Gasteiger partial charge < -0.3 is 19.5 Å². The van der Waals surface area contributed by atoms with Gasteiger partial charge in [-0.2, -0.15) is 0 Å². The monoisotopic (exact) mass is 444 g/mol. The molecule has 0 radical (unpaired) electrons. The molecule has 1 heterocycles. The summed E-state index contributed by atoms with van der Waals surface area (Å²) in [7, 11) is 4.75. The van der Waals surface area contributed by atoms with Gasteiger partial charge in [-0.3, -0.25) is 4.79 Å². The largest absolute Gasteiger partial charge is 0.496 e. The molecule has 6 nitrogen and oxygen atoms in total. The van der Waals surface area contributed by atoms with Crippen LogP contribution in [0.3, 0.4) is 0 Å². The average Bonchev–Trinajstić information content (AvgIpc) is 3.21. The number of hydrogen-bond donors (Lipinski definition) is 1. The number of hydrogen-bond acceptors (Lipinski definition) is 6. The van der Waals surface area contributed by atoms with Gasteiger partial charge in [0.15, 0.2) is 0 Å². The zero-order chi connectivity index (χ0) is 22.2. The van der Waals surface area contributed by atoms with E-state index < -0.39 is 0 Å². The first-order valence-corrected chi connectivity index (χ1v) is 10.6. The van der Waals surface area contributed by atoms with Crippen LogP contribution < -0.4 is 19.5 Å². The maximum atomic E-state index is 13.0. The first kappa shape index (κ1) is 22.6. The molecule has 0 bridgehead atoms. The molecular weight excluding hydrogens is 419 g/mol. The van der Waals surface area contributed by atoms with Crippen molar-refractivity contribution in [3.63, 3.8) is 0 Å². The van der Waals surface area contributed by atoms with E-state index in [-0.39, 0.29) is 18.1 Å². The van der Waals surface area contributed by atoms with E-state index in [0.29, 0.717) is 36.6 Å². The minimum atomic E-state index is -0.259. The highest BCUT2D eigenvalue weighted by Crippen LogP contribution is 2.34. The van der Waals surface area contributed by atoms with Crippen molar-refractivity contribution in [1.82, 2.24) is 10.3 Å². The highest BCUT2D eigenvalue weighted by molar-refractivity contribution is 7.09. The molecule has 1 N–H and O–H groups in total. The summed E-state index contributed by atoms with van der Waals surface area (Å²) in [4.78, 5) is 16.9. The van der Waals surface area contributed by atoms with Gasteiger partial charge in [-0.25, -0.2) is 9.37 Å². The van der Waals surface area contributed by atoms with Crippen molar-refractivity contribution < 1.29 is 23.4 Å². The highest BCUT2D eigenvalue weighted by atomic mass is 32.1. The lowest BCUT2D eigenvalue weighted by Gasteiger charge is -2.15. The van der Waals surface area contributed by atoms with Gasteiger partial charge >= 0.3 is 0 Å². The van der Waals surface area contributed by atoms with Gasteiger partial charge in [0.05, 0.1) is 38.5 Å². The third-order valence-corrected chi connectivity index (χ3v) is 5.62. The van der Waals surface area contributed by atoms with Crippen molar-refractivity contribution in [2.45, 2.75) is 19.3 Å². The number of methoxy groups -OCH3 is 3. The number of carbonyl (C=O) groups is 1. The smallest absolute Gasteiger partial charge is 0.226 e. The molecule has 0 spiro atoms. The fraction of sp³-hybridized carbons (Fsp3) is 0.304. The second-order valence-corrected chi connectivity index (χ2v) is 7.77. The van der Waals surface area contributed by atoms with Crippen LogP contribution in [-0.2, 0) is 24.1 Å². The van der Waals surface area contributed by atoms with Gasteiger partial charge in [-0.1, -0.05) is 12.1 Å². The van der Waals surface area contributed by atoms with Crippen LogP contribution in [0, 0.1) is 5.82 Å². The number of rotatable bonds is 10. The first-order chi connectivity index (χ1) is 15.0. The standard InChI is InChI=1S/C23H25FN2O4S/c1-28-18-12-20(29-2)19(21(13-18)30-3)8-9-25-22(27)11-17-14-31-23(26-17)10-15-4-6-16(24)7-5-15/h4-7,12-14H,8-11H2,1-3H3,(H,25,27). The molecule has 2 aromatic carbocycles. The molecule has 164 valence electrons. The number of amides is 1. The molecule has 0 aliphatic heterocycles. The van der Waals surface area contributed by atoms with Gasteiger partial charge in [0.2, 0.25) is 5.91 Å². The Morgan fingerprint density at radius 2 is 1.74 bits per heavy atom. The van der Waals surface area contributed by atoms with Crippen molar-refractivity contribution in [2.75, 3.05) is 27.9 Å². The van der Waals surface area contributed by atoms with Crippen LogP contribution in [0.2, 0.25) is 0 Å². The molecule has 8 heteroatoms. The Balaban J connectivity index is 1.53. The summed E-state index contributed by atoms with van der Waals surface area (Å²) in [6.45, 7) is 0.435. The lowest BCUT2D eigenvalue weighted by Crippen LogP contribution is -2.27. The number of nitrogens with zero attached hydrogens (tertiary/aromatic N) is 1. The molecule has 0 fully saturated rings. The molecule has 0 atom stereocenters. The average molecular weight is 445 g/mol. The molecule has 3 rings (SSSR count). The fourth-order valence-electron chi connectivity index (χ4n) is 3.17. The molecule has 3 aromatic rings. The normalized spacial score (nSPS) is 10.6. The Kier molecular flexibility index (Phi) is 7.83. The Morgan fingerprint density at radius 1 is 1.06 bits per heavy atom. The number of aromatic nitrogens is 1. The van der Waals surface area contributed by atoms with Gasteiger partial charge in [0, 0.05) is 36.0 Å². The van der Waals surface area contributed by atoms with Crippen LogP contribution >= 0.6 is 11.3 Å². The van der Waals surface area contributed by atoms with E-state index in [2.05, 4.69) is 10.3 Å². The van der Waals surface area contributed by atoms with Crippen LogP contribution in [0.25, 0.3) is 0 Å². The molecule has 0 unspecified atom stereocenters. The summed E-state index contributed by atoms with van der Waals surface area (Å²) in [6.07, 6.45) is 1.37. The summed E-state index contributed by atoms with van der Waals surface area (Å²) in [5.41, 5.74) is 2.56. The second kappa shape index (κ2) is 10.8. The van der Waals surface area contributed by atoms with E-state index in [4.69, 9.17) is 14.2 Å². The summed E-state index contributed by atoms with van der Waals surface area (Å²) in [5, 5.41) is 5.69. The maximum absolute atomic E-state index is 13.0. The molecule has 0 saturated carbocycles. The zero-order valence-corrected chi connectivity index (χ0v) is 18.6. The first-order valence-electron chi connectivity index (χ1n) is 9.75. The Hall–Kier alpha value is -3.13. The van der Waals surface area contributed by atoms with Gasteiger partial charge in [0.25, 0.3) is 0 Å². The Labute approximate surface area is 185 Å². The number of halogens is 1. The van der Waals surface area contributed by atoms with Crippen molar-refractivity contribution in [2.24, 2.45) is 0 Å². The number of ether oxygens (including phenoxy) is 3. The minimum absolute atomic E-state index is 0.106. The molecule has 0 aliphatic rings. The van der Waals surface area contributed by atoms with Crippen molar-refractivity contribution >= 4 is 17.2 Å². The summed E-state index contributed by atoms with van der Waals surface area (Å²) < 4.78 is 29.2. The molecule has 0 saturated heterocycles. The van der Waals surface area contributed by atoms with Crippen molar-refractivity contribution in [3.8, 4) is 17.2 Å². The maximum Gasteiger partial charge on any atom is 0.226 e.